The predicted molar refractivity (Wildman–Crippen MR) is 133 cm³/mol. The van der Waals surface area contributed by atoms with E-state index in [1.165, 1.54) is 18.5 Å². The van der Waals surface area contributed by atoms with Gasteiger partial charge in [-0.2, -0.15) is 5.26 Å². The highest BCUT2D eigenvalue weighted by Gasteiger charge is 2.27. The number of anilines is 2. The average molecular weight is 459 g/mol. The fraction of sp³-hybridized carbons (Fsp3) is 0.407. The molecule has 7 nitrogen and oxygen atoms in total. The van der Waals surface area contributed by atoms with Crippen LogP contribution in [0.4, 0.5) is 16.2 Å². The van der Waals surface area contributed by atoms with Gasteiger partial charge < -0.3 is 18.9 Å². The number of ether oxygens (including phenoxy) is 2. The van der Waals surface area contributed by atoms with Gasteiger partial charge in [-0.05, 0) is 68.5 Å². The molecule has 5 rings (SSSR count). The van der Waals surface area contributed by atoms with Crippen molar-refractivity contribution < 1.29 is 14.3 Å². The van der Waals surface area contributed by atoms with Crippen LogP contribution in [0.15, 0.2) is 42.5 Å². The lowest BCUT2D eigenvalue weighted by Crippen LogP contribution is -2.36. The molecule has 1 saturated heterocycles. The fourth-order valence-electron chi connectivity index (χ4n) is 4.59. The first-order valence-corrected chi connectivity index (χ1v) is 12.0. The van der Waals surface area contributed by atoms with Gasteiger partial charge in [-0.15, -0.1) is 0 Å². The van der Waals surface area contributed by atoms with Gasteiger partial charge in [0.25, 0.3) is 0 Å². The molecule has 0 bridgehead atoms. The highest BCUT2D eigenvalue weighted by molar-refractivity contribution is 5.96. The molecule has 2 heterocycles. The first-order chi connectivity index (χ1) is 16.5. The van der Waals surface area contributed by atoms with Crippen molar-refractivity contribution in [1.29, 1.82) is 5.26 Å². The van der Waals surface area contributed by atoms with Crippen LogP contribution in [-0.2, 0) is 16.0 Å². The summed E-state index contributed by atoms with van der Waals surface area (Å²) in [6.07, 6.45) is 1.80. The van der Waals surface area contributed by atoms with E-state index in [4.69, 9.17) is 9.47 Å². The Bertz CT molecular complexity index is 1230. The van der Waals surface area contributed by atoms with Gasteiger partial charge in [0, 0.05) is 36.4 Å². The lowest BCUT2D eigenvalue weighted by atomic mass is 10.1. The third kappa shape index (κ3) is 4.59. The van der Waals surface area contributed by atoms with E-state index in [9.17, 15) is 10.1 Å². The van der Waals surface area contributed by atoms with E-state index in [1.54, 1.807) is 0 Å². The molecular formula is C27H30N4O3. The van der Waals surface area contributed by atoms with Crippen molar-refractivity contribution in [3.05, 3.63) is 48.0 Å². The number of nitrogens with one attached hydrogen (secondary N) is 1. The summed E-state index contributed by atoms with van der Waals surface area (Å²) in [6, 6.07) is 16.6. The number of carbonyl (C=O) groups is 1. The van der Waals surface area contributed by atoms with E-state index in [2.05, 4.69) is 39.1 Å². The van der Waals surface area contributed by atoms with Gasteiger partial charge in [-0.3, -0.25) is 5.32 Å². The molecule has 1 amide bonds. The number of aromatic nitrogens is 1. The summed E-state index contributed by atoms with van der Waals surface area (Å²) in [5.74, 6) is 0.652. The zero-order valence-electron chi connectivity index (χ0n) is 19.7. The Balaban J connectivity index is 1.54. The van der Waals surface area contributed by atoms with Crippen LogP contribution in [-0.4, -0.2) is 43.1 Å². The van der Waals surface area contributed by atoms with Gasteiger partial charge in [0.1, 0.15) is 6.07 Å². The maximum Gasteiger partial charge on any atom is 0.411 e. The highest BCUT2D eigenvalue weighted by Crippen LogP contribution is 2.40. The average Bonchev–Trinajstić information content (AvgIpc) is 3.60. The Kier molecular flexibility index (Phi) is 6.16. The summed E-state index contributed by atoms with van der Waals surface area (Å²) in [5.41, 5.74) is 5.54. The molecule has 0 radical (unpaired) electrons. The number of hydrogen-bond acceptors (Lipinski definition) is 5. The molecule has 1 aromatic heterocycles. The number of carbonyl (C=O) groups excluding carboxylic acids is 1. The molecular weight excluding hydrogens is 428 g/mol. The second kappa shape index (κ2) is 9.40. The monoisotopic (exact) mass is 458 g/mol. The summed E-state index contributed by atoms with van der Waals surface area (Å²) < 4.78 is 13.0. The molecule has 1 aliphatic heterocycles. The summed E-state index contributed by atoms with van der Waals surface area (Å²) in [4.78, 5) is 14.3. The van der Waals surface area contributed by atoms with Crippen LogP contribution in [0.25, 0.3) is 22.2 Å². The zero-order chi connectivity index (χ0) is 23.7. The first kappa shape index (κ1) is 22.3. The lowest BCUT2D eigenvalue weighted by molar-refractivity contribution is 0.122. The largest absolute Gasteiger partial charge is 0.447 e. The number of nitriles is 1. The third-order valence-corrected chi connectivity index (χ3v) is 6.42. The van der Waals surface area contributed by atoms with E-state index in [1.807, 2.05) is 38.1 Å². The van der Waals surface area contributed by atoms with Crippen molar-refractivity contribution in [3.63, 3.8) is 0 Å². The van der Waals surface area contributed by atoms with Crippen molar-refractivity contribution in [2.45, 2.75) is 39.3 Å². The van der Waals surface area contributed by atoms with Crippen LogP contribution in [0.1, 0.15) is 32.3 Å². The molecule has 0 atom stereocenters. The summed E-state index contributed by atoms with van der Waals surface area (Å²) in [7, 11) is 0. The van der Waals surface area contributed by atoms with Crippen LogP contribution in [0.2, 0.25) is 0 Å². The molecule has 3 aromatic rings. The Morgan fingerprint density at radius 2 is 1.91 bits per heavy atom. The molecule has 2 aromatic carbocycles. The van der Waals surface area contributed by atoms with Crippen LogP contribution in [0.5, 0.6) is 0 Å². The predicted octanol–water partition coefficient (Wildman–Crippen LogP) is 5.38. The van der Waals surface area contributed by atoms with E-state index in [0.717, 1.165) is 55.0 Å². The summed E-state index contributed by atoms with van der Waals surface area (Å²) in [6.45, 7) is 7.76. The van der Waals surface area contributed by atoms with E-state index in [-0.39, 0.29) is 6.10 Å². The number of fused-ring (bicyclic) bond motifs is 1. The molecule has 1 aliphatic carbocycles. The highest BCUT2D eigenvalue weighted by atomic mass is 16.6. The molecule has 34 heavy (non-hydrogen) atoms. The Hall–Kier alpha value is -3.50. The number of hydrogen-bond donors (Lipinski definition) is 1. The molecule has 176 valence electrons. The van der Waals surface area contributed by atoms with Gasteiger partial charge in [-0.1, -0.05) is 12.1 Å². The summed E-state index contributed by atoms with van der Waals surface area (Å²) in [5, 5.41) is 13.9. The van der Waals surface area contributed by atoms with E-state index in [0.29, 0.717) is 17.2 Å². The fourth-order valence-corrected chi connectivity index (χ4v) is 4.59. The topological polar surface area (TPSA) is 79.5 Å². The van der Waals surface area contributed by atoms with Crippen molar-refractivity contribution in [2.75, 3.05) is 36.5 Å². The minimum Gasteiger partial charge on any atom is -0.447 e. The molecule has 1 saturated carbocycles. The van der Waals surface area contributed by atoms with Crippen molar-refractivity contribution >= 4 is 28.4 Å². The van der Waals surface area contributed by atoms with E-state index >= 15 is 0 Å². The minimum atomic E-state index is -0.473. The quantitative estimate of drug-likeness (QED) is 0.536. The van der Waals surface area contributed by atoms with Crippen LogP contribution in [0, 0.1) is 17.2 Å². The van der Waals surface area contributed by atoms with Gasteiger partial charge in [0.2, 0.25) is 0 Å². The number of amides is 1. The molecule has 2 fully saturated rings. The molecule has 2 aliphatic rings. The van der Waals surface area contributed by atoms with Crippen molar-refractivity contribution in [1.82, 2.24) is 4.57 Å². The Labute approximate surface area is 199 Å². The van der Waals surface area contributed by atoms with Crippen LogP contribution in [0.3, 0.4) is 0 Å². The zero-order valence-corrected chi connectivity index (χ0v) is 19.7. The number of nitrogens with zero attached hydrogens (tertiary/aromatic N) is 3. The van der Waals surface area contributed by atoms with Gasteiger partial charge >= 0.3 is 6.09 Å². The SMILES string of the molecule is CC(C)OC(=O)Nc1ccc(-c2c(C#N)c3ccc(N4CCOCC4)cc3n2CC2CC2)cc1. The van der Waals surface area contributed by atoms with Gasteiger partial charge in [0.05, 0.1) is 36.1 Å². The van der Waals surface area contributed by atoms with Crippen LogP contribution < -0.4 is 10.2 Å². The lowest BCUT2D eigenvalue weighted by Gasteiger charge is -2.29. The first-order valence-electron chi connectivity index (χ1n) is 12.0. The molecule has 1 N–H and O–H groups in total. The maximum absolute atomic E-state index is 11.9. The van der Waals surface area contributed by atoms with Gasteiger partial charge in [-0.25, -0.2) is 4.79 Å². The van der Waals surface area contributed by atoms with Crippen molar-refractivity contribution in [3.8, 4) is 17.3 Å². The number of morpholine rings is 1. The standard InChI is InChI=1S/C27H30N4O3/c1-18(2)34-27(32)29-21-7-5-20(6-8-21)26-24(16-28)23-10-9-22(30-11-13-33-14-12-30)15-25(23)31(26)17-19-3-4-19/h5-10,15,18-19H,3-4,11-14,17H2,1-2H3,(H,29,32). The Morgan fingerprint density at radius 1 is 1.18 bits per heavy atom. The number of benzene rings is 2. The second-order valence-corrected chi connectivity index (χ2v) is 9.35. The van der Waals surface area contributed by atoms with Crippen LogP contribution >= 0.6 is 0 Å². The van der Waals surface area contributed by atoms with E-state index < -0.39 is 6.09 Å². The molecule has 0 unspecified atom stereocenters. The Morgan fingerprint density at radius 3 is 2.56 bits per heavy atom. The second-order valence-electron chi connectivity index (χ2n) is 9.35. The molecule has 0 spiro atoms. The molecule has 7 heteroatoms. The number of rotatable bonds is 6. The maximum atomic E-state index is 11.9. The smallest absolute Gasteiger partial charge is 0.411 e. The third-order valence-electron chi connectivity index (χ3n) is 6.42. The normalized spacial score (nSPS) is 16.0. The van der Waals surface area contributed by atoms with Gasteiger partial charge in [0.15, 0.2) is 0 Å². The summed E-state index contributed by atoms with van der Waals surface area (Å²) >= 11 is 0. The van der Waals surface area contributed by atoms with Crippen molar-refractivity contribution in [2.24, 2.45) is 5.92 Å². The minimum absolute atomic E-state index is 0.182.